The van der Waals surface area contributed by atoms with Crippen LogP contribution in [-0.4, -0.2) is 42.7 Å². The maximum absolute atomic E-state index is 11.7. The molecule has 9 heteroatoms. The molecule has 1 amide bonds. The number of azide groups is 1. The largest absolute Gasteiger partial charge is 0.480 e. The summed E-state index contributed by atoms with van der Waals surface area (Å²) in [6, 6.07) is -0.855. The summed E-state index contributed by atoms with van der Waals surface area (Å²) in [6.45, 7) is 0.874. The number of hydrogen-bond acceptors (Lipinski definition) is 5. The van der Waals surface area contributed by atoms with Gasteiger partial charge in [0, 0.05) is 24.5 Å². The molecule has 0 saturated carbocycles. The van der Waals surface area contributed by atoms with Gasteiger partial charge < -0.3 is 21.9 Å². The van der Waals surface area contributed by atoms with Gasteiger partial charge in [-0.1, -0.05) is 5.11 Å². The molecule has 2 atom stereocenters. The predicted octanol–water partition coefficient (Wildman–Crippen LogP) is -0.0399. The standard InChI is InChI=1S/C11H22N6O3/c12-7-8(4-6-16-17-14)10(18)15-5-2-1-3-9(13)11(19)20/h8-9H,1-7,12-13H2,(H,15,18)(H,19,20)/t8?,9-/m0/s1. The third kappa shape index (κ3) is 8.30. The monoisotopic (exact) mass is 286 g/mol. The van der Waals surface area contributed by atoms with Crippen molar-refractivity contribution in [1.82, 2.24) is 5.32 Å². The van der Waals surface area contributed by atoms with Gasteiger partial charge in [0.15, 0.2) is 0 Å². The van der Waals surface area contributed by atoms with Crippen molar-refractivity contribution in [2.75, 3.05) is 19.6 Å². The number of nitrogens with two attached hydrogens (primary N) is 2. The highest BCUT2D eigenvalue weighted by molar-refractivity contribution is 5.78. The summed E-state index contributed by atoms with van der Waals surface area (Å²) in [4.78, 5) is 24.8. The van der Waals surface area contributed by atoms with Crippen LogP contribution in [-0.2, 0) is 9.59 Å². The Kier molecular flexibility index (Phi) is 10.0. The van der Waals surface area contributed by atoms with E-state index < -0.39 is 12.0 Å². The molecule has 0 aromatic heterocycles. The molecule has 0 aromatic carbocycles. The number of nitrogens with zero attached hydrogens (tertiary/aromatic N) is 3. The number of unbranched alkanes of at least 4 members (excludes halogenated alkanes) is 1. The molecule has 20 heavy (non-hydrogen) atoms. The second kappa shape index (κ2) is 11.0. The second-order valence-corrected chi connectivity index (χ2v) is 4.41. The van der Waals surface area contributed by atoms with Gasteiger partial charge in [-0.05, 0) is 31.2 Å². The lowest BCUT2D eigenvalue weighted by Gasteiger charge is -2.13. The Morgan fingerprint density at radius 1 is 1.35 bits per heavy atom. The summed E-state index contributed by atoms with van der Waals surface area (Å²) in [5, 5.41) is 14.7. The molecule has 0 aromatic rings. The highest BCUT2D eigenvalue weighted by Gasteiger charge is 2.15. The van der Waals surface area contributed by atoms with Gasteiger partial charge in [0.2, 0.25) is 5.91 Å². The van der Waals surface area contributed by atoms with Crippen LogP contribution in [0.2, 0.25) is 0 Å². The van der Waals surface area contributed by atoms with Crippen LogP contribution < -0.4 is 16.8 Å². The first-order chi connectivity index (χ1) is 9.52. The number of carbonyl (C=O) groups is 2. The summed E-state index contributed by atoms with van der Waals surface area (Å²) in [7, 11) is 0. The van der Waals surface area contributed by atoms with E-state index in [0.29, 0.717) is 32.2 Å². The van der Waals surface area contributed by atoms with Crippen LogP contribution >= 0.6 is 0 Å². The van der Waals surface area contributed by atoms with Crippen molar-refractivity contribution in [2.24, 2.45) is 22.5 Å². The van der Waals surface area contributed by atoms with Gasteiger partial charge in [-0.25, -0.2) is 0 Å². The number of hydrogen-bond donors (Lipinski definition) is 4. The Labute approximate surface area is 117 Å². The average Bonchev–Trinajstić information content (AvgIpc) is 2.42. The van der Waals surface area contributed by atoms with Gasteiger partial charge in [-0.15, -0.1) is 0 Å². The number of carbonyl (C=O) groups excluding carboxylic acids is 1. The number of amides is 1. The minimum absolute atomic E-state index is 0.178. The van der Waals surface area contributed by atoms with Gasteiger partial charge in [-0.2, -0.15) is 0 Å². The second-order valence-electron chi connectivity index (χ2n) is 4.41. The van der Waals surface area contributed by atoms with E-state index in [1.54, 1.807) is 0 Å². The van der Waals surface area contributed by atoms with Crippen LogP contribution in [0, 0.1) is 5.92 Å². The Balaban J connectivity index is 3.79. The van der Waals surface area contributed by atoms with Crippen molar-refractivity contribution < 1.29 is 14.7 Å². The number of nitrogens with one attached hydrogen (secondary N) is 1. The lowest BCUT2D eigenvalue weighted by molar-refractivity contribution is -0.138. The SMILES string of the molecule is [N-]=[N+]=NCCC(CN)C(=O)NCCCC[C@H](N)C(=O)O. The van der Waals surface area contributed by atoms with Crippen LogP contribution in [0.4, 0.5) is 0 Å². The molecular weight excluding hydrogens is 264 g/mol. The molecule has 0 spiro atoms. The summed E-state index contributed by atoms with van der Waals surface area (Å²) < 4.78 is 0. The fourth-order valence-corrected chi connectivity index (χ4v) is 1.58. The van der Waals surface area contributed by atoms with Gasteiger partial charge in [0.1, 0.15) is 6.04 Å². The summed E-state index contributed by atoms with van der Waals surface area (Å²) in [6.07, 6.45) is 2.07. The third-order valence-electron chi connectivity index (χ3n) is 2.85. The maximum Gasteiger partial charge on any atom is 0.320 e. The Morgan fingerprint density at radius 3 is 2.60 bits per heavy atom. The van der Waals surface area contributed by atoms with E-state index in [9.17, 15) is 9.59 Å². The fourth-order valence-electron chi connectivity index (χ4n) is 1.58. The van der Waals surface area contributed by atoms with Gasteiger partial charge >= 0.3 is 5.97 Å². The Bertz CT molecular complexity index is 356. The highest BCUT2D eigenvalue weighted by atomic mass is 16.4. The first-order valence-corrected chi connectivity index (χ1v) is 6.50. The predicted molar refractivity (Wildman–Crippen MR) is 73.6 cm³/mol. The molecule has 0 aliphatic carbocycles. The number of aliphatic carboxylic acids is 1. The smallest absolute Gasteiger partial charge is 0.320 e. The topological polar surface area (TPSA) is 167 Å². The van der Waals surface area contributed by atoms with Crippen molar-refractivity contribution in [1.29, 1.82) is 0 Å². The zero-order valence-electron chi connectivity index (χ0n) is 11.4. The van der Waals surface area contributed by atoms with E-state index in [0.717, 1.165) is 0 Å². The number of carboxylic acids is 1. The molecule has 6 N–H and O–H groups in total. The van der Waals surface area contributed by atoms with Crippen LogP contribution in [0.1, 0.15) is 25.7 Å². The minimum Gasteiger partial charge on any atom is -0.480 e. The van der Waals surface area contributed by atoms with Crippen molar-refractivity contribution in [3.8, 4) is 0 Å². The molecule has 0 rings (SSSR count). The van der Waals surface area contributed by atoms with Gasteiger partial charge in [0.05, 0.1) is 5.92 Å². The van der Waals surface area contributed by atoms with E-state index in [2.05, 4.69) is 15.3 Å². The lowest BCUT2D eigenvalue weighted by Crippen LogP contribution is -2.36. The number of rotatable bonds is 11. The third-order valence-corrected chi connectivity index (χ3v) is 2.85. The molecule has 0 aliphatic heterocycles. The van der Waals surface area contributed by atoms with Crippen molar-refractivity contribution in [2.45, 2.75) is 31.7 Å². The molecule has 0 heterocycles. The van der Waals surface area contributed by atoms with E-state index >= 15 is 0 Å². The highest BCUT2D eigenvalue weighted by Crippen LogP contribution is 2.03. The Hall–Kier alpha value is -1.83. The lowest BCUT2D eigenvalue weighted by atomic mass is 10.0. The molecule has 9 nitrogen and oxygen atoms in total. The van der Waals surface area contributed by atoms with Crippen LogP contribution in [0.5, 0.6) is 0 Å². The summed E-state index contributed by atoms with van der Waals surface area (Å²) in [5.41, 5.74) is 19.0. The van der Waals surface area contributed by atoms with E-state index in [1.807, 2.05) is 0 Å². The number of carboxylic acid groups (broad SMARTS) is 1. The first kappa shape index (κ1) is 18.2. The fraction of sp³-hybridized carbons (Fsp3) is 0.818. The first-order valence-electron chi connectivity index (χ1n) is 6.50. The van der Waals surface area contributed by atoms with Crippen molar-refractivity contribution >= 4 is 11.9 Å². The van der Waals surface area contributed by atoms with Gasteiger partial charge in [0.25, 0.3) is 0 Å². The molecule has 0 aliphatic rings. The minimum atomic E-state index is -1.02. The normalized spacial score (nSPS) is 13.1. The molecule has 0 bridgehead atoms. The molecular formula is C11H22N6O3. The van der Waals surface area contributed by atoms with Crippen molar-refractivity contribution in [3.63, 3.8) is 0 Å². The molecule has 0 saturated heterocycles. The zero-order valence-corrected chi connectivity index (χ0v) is 11.4. The van der Waals surface area contributed by atoms with E-state index in [4.69, 9.17) is 22.1 Å². The zero-order chi connectivity index (χ0) is 15.4. The van der Waals surface area contributed by atoms with Crippen LogP contribution in [0.15, 0.2) is 5.11 Å². The van der Waals surface area contributed by atoms with E-state index in [-0.39, 0.29) is 24.9 Å². The quantitative estimate of drug-likeness (QED) is 0.180. The summed E-state index contributed by atoms with van der Waals surface area (Å²) >= 11 is 0. The molecule has 0 radical (unpaired) electrons. The van der Waals surface area contributed by atoms with E-state index in [1.165, 1.54) is 0 Å². The Morgan fingerprint density at radius 2 is 2.05 bits per heavy atom. The molecule has 114 valence electrons. The van der Waals surface area contributed by atoms with Crippen molar-refractivity contribution in [3.05, 3.63) is 10.4 Å². The summed E-state index contributed by atoms with van der Waals surface area (Å²) in [5.74, 6) is -1.57. The van der Waals surface area contributed by atoms with Crippen LogP contribution in [0.25, 0.3) is 10.4 Å². The van der Waals surface area contributed by atoms with Crippen LogP contribution in [0.3, 0.4) is 0 Å². The molecule has 0 fully saturated rings. The average molecular weight is 286 g/mol. The maximum atomic E-state index is 11.7. The molecule has 1 unspecified atom stereocenters. The van der Waals surface area contributed by atoms with Gasteiger partial charge in [-0.3, -0.25) is 9.59 Å².